The maximum atomic E-state index is 6.17. The van der Waals surface area contributed by atoms with Crippen LogP contribution in [0.3, 0.4) is 0 Å². The summed E-state index contributed by atoms with van der Waals surface area (Å²) < 4.78 is 7.85. The van der Waals surface area contributed by atoms with Gasteiger partial charge in [0.05, 0.1) is 7.11 Å². The fourth-order valence-electron chi connectivity index (χ4n) is 5.03. The van der Waals surface area contributed by atoms with Crippen LogP contribution in [0, 0.1) is 5.92 Å². The topological polar surface area (TPSA) is 14.2 Å². The van der Waals surface area contributed by atoms with Gasteiger partial charge in [0.1, 0.15) is 5.75 Å². The lowest BCUT2D eigenvalue weighted by atomic mass is 9.93. The molecule has 0 spiro atoms. The Balaban J connectivity index is 1.66. The number of hydrogen-bond acceptors (Lipinski definition) is 1. The first-order chi connectivity index (χ1) is 15.6. The van der Waals surface area contributed by atoms with Crippen molar-refractivity contribution < 1.29 is 4.74 Å². The number of allylic oxidation sites excluding steroid dienone is 3. The Hall–Kier alpha value is -3.23. The van der Waals surface area contributed by atoms with Crippen LogP contribution in [0.15, 0.2) is 72.9 Å². The summed E-state index contributed by atoms with van der Waals surface area (Å²) in [6.45, 7) is 0. The number of ether oxygens (including phenoxy) is 1. The molecule has 1 heterocycles. The van der Waals surface area contributed by atoms with Crippen molar-refractivity contribution in [1.29, 1.82) is 0 Å². The van der Waals surface area contributed by atoms with Crippen LogP contribution in [0.4, 0.5) is 0 Å². The van der Waals surface area contributed by atoms with E-state index in [1.165, 1.54) is 57.2 Å². The Morgan fingerprint density at radius 3 is 2.47 bits per heavy atom. The van der Waals surface area contributed by atoms with Gasteiger partial charge in [-0.15, -0.1) is 0 Å². The molecule has 2 aliphatic rings. The predicted octanol–water partition coefficient (Wildman–Crippen LogP) is 7.72. The summed E-state index contributed by atoms with van der Waals surface area (Å²) in [4.78, 5) is 0. The summed E-state index contributed by atoms with van der Waals surface area (Å²) in [5, 5.41) is 2.05. The van der Waals surface area contributed by atoms with Crippen LogP contribution in [0.25, 0.3) is 33.7 Å². The Morgan fingerprint density at radius 1 is 0.938 bits per heavy atom. The van der Waals surface area contributed by atoms with Gasteiger partial charge in [0, 0.05) is 34.7 Å². The SMILES string of the molecule is COc1ccc2c(c1)/C(=C\c1ccc(Cl)cc1)C(c1cn(C)c3ccccc13)=C2C1CC1. The Labute approximate surface area is 193 Å². The first-order valence-electron chi connectivity index (χ1n) is 11.1. The van der Waals surface area contributed by atoms with Gasteiger partial charge in [-0.25, -0.2) is 0 Å². The third-order valence-electron chi connectivity index (χ3n) is 6.68. The van der Waals surface area contributed by atoms with Crippen LogP contribution in [0.5, 0.6) is 5.75 Å². The lowest BCUT2D eigenvalue weighted by molar-refractivity contribution is 0.414. The molecule has 1 aromatic heterocycles. The minimum atomic E-state index is 0.618. The molecule has 0 radical (unpaired) electrons. The summed E-state index contributed by atoms with van der Waals surface area (Å²) in [5.41, 5.74) is 10.4. The van der Waals surface area contributed by atoms with E-state index in [4.69, 9.17) is 16.3 Å². The molecule has 0 unspecified atom stereocenters. The van der Waals surface area contributed by atoms with Crippen LogP contribution in [-0.2, 0) is 7.05 Å². The highest BCUT2D eigenvalue weighted by Crippen LogP contribution is 2.57. The molecule has 3 heteroatoms. The molecule has 0 atom stereocenters. The number of nitrogens with zero attached hydrogens (tertiary/aromatic N) is 1. The molecule has 32 heavy (non-hydrogen) atoms. The summed E-state index contributed by atoms with van der Waals surface area (Å²) in [6, 6.07) is 23.3. The predicted molar refractivity (Wildman–Crippen MR) is 135 cm³/mol. The van der Waals surface area contributed by atoms with Crippen molar-refractivity contribution in [2.45, 2.75) is 12.8 Å². The highest BCUT2D eigenvalue weighted by atomic mass is 35.5. The molecule has 6 rings (SSSR count). The summed E-state index contributed by atoms with van der Waals surface area (Å²) >= 11 is 6.17. The van der Waals surface area contributed by atoms with Crippen LogP contribution in [0.2, 0.25) is 5.02 Å². The number of aryl methyl sites for hydroxylation is 1. The van der Waals surface area contributed by atoms with Crippen molar-refractivity contribution in [2.24, 2.45) is 13.0 Å². The smallest absolute Gasteiger partial charge is 0.119 e. The molecule has 0 saturated heterocycles. The van der Waals surface area contributed by atoms with Crippen molar-refractivity contribution in [3.05, 3.63) is 100 Å². The molecule has 158 valence electrons. The van der Waals surface area contributed by atoms with Crippen molar-refractivity contribution in [3.63, 3.8) is 0 Å². The molecule has 1 saturated carbocycles. The number of rotatable bonds is 4. The normalized spacial score (nSPS) is 16.8. The Bertz CT molecular complexity index is 1420. The van der Waals surface area contributed by atoms with E-state index in [1.807, 2.05) is 12.1 Å². The Morgan fingerprint density at radius 2 is 1.72 bits per heavy atom. The van der Waals surface area contributed by atoms with E-state index in [0.717, 1.165) is 16.3 Å². The van der Waals surface area contributed by atoms with Gasteiger partial charge < -0.3 is 9.30 Å². The van der Waals surface area contributed by atoms with E-state index >= 15 is 0 Å². The van der Waals surface area contributed by atoms with E-state index in [-0.39, 0.29) is 0 Å². The summed E-state index contributed by atoms with van der Waals surface area (Å²) in [7, 11) is 3.87. The zero-order valence-electron chi connectivity index (χ0n) is 18.2. The van der Waals surface area contributed by atoms with E-state index in [9.17, 15) is 0 Å². The molecule has 2 nitrogen and oxygen atoms in total. The quantitative estimate of drug-likeness (QED) is 0.319. The summed E-state index contributed by atoms with van der Waals surface area (Å²) in [5.74, 6) is 1.51. The molecule has 0 amide bonds. The second-order valence-corrected chi connectivity index (χ2v) is 9.19. The van der Waals surface area contributed by atoms with Gasteiger partial charge >= 0.3 is 0 Å². The van der Waals surface area contributed by atoms with Gasteiger partial charge in [0.15, 0.2) is 0 Å². The lowest BCUT2D eigenvalue weighted by Crippen LogP contribution is -1.89. The van der Waals surface area contributed by atoms with E-state index < -0.39 is 0 Å². The highest BCUT2D eigenvalue weighted by Gasteiger charge is 2.37. The van der Waals surface area contributed by atoms with Crippen LogP contribution in [0.1, 0.15) is 35.1 Å². The number of aromatic nitrogens is 1. The number of para-hydroxylation sites is 1. The zero-order chi connectivity index (χ0) is 21.8. The van der Waals surface area contributed by atoms with Gasteiger partial charge in [-0.05, 0) is 88.6 Å². The highest BCUT2D eigenvalue weighted by molar-refractivity contribution is 6.31. The van der Waals surface area contributed by atoms with Crippen LogP contribution < -0.4 is 4.74 Å². The van der Waals surface area contributed by atoms with Crippen LogP contribution >= 0.6 is 11.6 Å². The molecular formula is C29H24ClNO. The largest absolute Gasteiger partial charge is 0.497 e. The molecule has 0 bridgehead atoms. The lowest BCUT2D eigenvalue weighted by Gasteiger charge is -2.10. The maximum absolute atomic E-state index is 6.17. The van der Waals surface area contributed by atoms with Crippen molar-refractivity contribution >= 4 is 45.3 Å². The first-order valence-corrected chi connectivity index (χ1v) is 11.5. The molecule has 2 aliphatic carbocycles. The maximum Gasteiger partial charge on any atom is 0.119 e. The average molecular weight is 438 g/mol. The number of benzene rings is 3. The monoisotopic (exact) mass is 437 g/mol. The standard InChI is InChI=1S/C29H24ClNO/c1-31-17-26(22-5-3-4-6-27(22)31)29-25(15-18-7-11-20(30)12-8-18)24-16-21(32-2)13-14-23(24)28(29)19-9-10-19/h3-8,11-17,19H,9-10H2,1-2H3/b25-15+. The van der Waals surface area contributed by atoms with Gasteiger partial charge in [-0.3, -0.25) is 0 Å². The number of halogens is 1. The number of hydrogen-bond donors (Lipinski definition) is 0. The minimum Gasteiger partial charge on any atom is -0.497 e. The van der Waals surface area contributed by atoms with E-state index in [2.05, 4.69) is 78.5 Å². The fourth-order valence-corrected chi connectivity index (χ4v) is 5.15. The molecule has 4 aromatic rings. The third kappa shape index (κ3) is 3.10. The van der Waals surface area contributed by atoms with Crippen LogP contribution in [-0.4, -0.2) is 11.7 Å². The van der Waals surface area contributed by atoms with Gasteiger partial charge in [-0.2, -0.15) is 0 Å². The molecule has 0 N–H and O–H groups in total. The molecular weight excluding hydrogens is 414 g/mol. The minimum absolute atomic E-state index is 0.618. The summed E-state index contributed by atoms with van der Waals surface area (Å²) in [6.07, 6.45) is 7.11. The van der Waals surface area contributed by atoms with Crippen molar-refractivity contribution in [3.8, 4) is 5.75 Å². The van der Waals surface area contributed by atoms with E-state index in [0.29, 0.717) is 5.92 Å². The first kappa shape index (κ1) is 19.5. The van der Waals surface area contributed by atoms with Gasteiger partial charge in [0.25, 0.3) is 0 Å². The molecule has 1 fully saturated rings. The fraction of sp³-hybridized carbons (Fsp3) is 0.172. The molecule has 0 aliphatic heterocycles. The number of methoxy groups -OCH3 is 1. The second kappa shape index (κ2) is 7.43. The number of fused-ring (bicyclic) bond motifs is 2. The zero-order valence-corrected chi connectivity index (χ0v) is 19.0. The van der Waals surface area contributed by atoms with Gasteiger partial charge in [-0.1, -0.05) is 48.0 Å². The van der Waals surface area contributed by atoms with E-state index in [1.54, 1.807) is 7.11 Å². The van der Waals surface area contributed by atoms with Gasteiger partial charge in [0.2, 0.25) is 0 Å². The molecule has 3 aromatic carbocycles. The second-order valence-electron chi connectivity index (χ2n) is 8.75. The third-order valence-corrected chi connectivity index (χ3v) is 6.93. The van der Waals surface area contributed by atoms with Crippen molar-refractivity contribution in [2.75, 3.05) is 7.11 Å². The van der Waals surface area contributed by atoms with Crippen molar-refractivity contribution in [1.82, 2.24) is 4.57 Å². The average Bonchev–Trinajstić information content (AvgIpc) is 3.54. The Kier molecular flexibility index (Phi) is 4.51.